The first-order valence-corrected chi connectivity index (χ1v) is 3.68. The van der Waals surface area contributed by atoms with Crippen molar-refractivity contribution in [1.82, 2.24) is 4.98 Å². The summed E-state index contributed by atoms with van der Waals surface area (Å²) in [5.41, 5.74) is 3.15. The first-order valence-electron chi connectivity index (χ1n) is 3.68. The Morgan fingerprint density at radius 1 is 1.57 bits per heavy atom. The van der Waals surface area contributed by atoms with Gasteiger partial charge in [-0.25, -0.2) is 18.2 Å². The van der Waals surface area contributed by atoms with E-state index >= 15 is 0 Å². The molecule has 0 unspecified atom stereocenters. The number of halogens is 3. The van der Waals surface area contributed by atoms with Gasteiger partial charge >= 0.3 is 0 Å². The lowest BCUT2D eigenvalue weighted by molar-refractivity contribution is 0.0989. The molecule has 0 aliphatic carbocycles. The summed E-state index contributed by atoms with van der Waals surface area (Å²) in [6.45, 7) is 1.28. The number of pyridine rings is 1. The number of aromatic nitrogens is 1. The van der Waals surface area contributed by atoms with Crippen LogP contribution >= 0.6 is 0 Å². The smallest absolute Gasteiger partial charge is 0.270 e. The largest absolute Gasteiger partial charge is 0.364 e. The molecular formula is C8H7F3N2O. The highest BCUT2D eigenvalue weighted by Gasteiger charge is 2.22. The average Bonchev–Trinajstić information content (AvgIpc) is 2.02. The molecule has 6 heteroatoms. The molecule has 1 aromatic heterocycles. The van der Waals surface area contributed by atoms with Gasteiger partial charge in [-0.05, 0) is 12.5 Å². The molecule has 0 saturated heterocycles. The second-order valence-corrected chi connectivity index (χ2v) is 2.68. The van der Waals surface area contributed by atoms with E-state index in [4.69, 9.17) is 5.73 Å². The van der Waals surface area contributed by atoms with Gasteiger partial charge in [0.1, 0.15) is 0 Å². The molecule has 0 bridgehead atoms. The molecule has 0 spiro atoms. The number of primary amides is 1. The van der Waals surface area contributed by atoms with Crippen LogP contribution in [0.1, 0.15) is 28.0 Å². The van der Waals surface area contributed by atoms with Crippen molar-refractivity contribution in [3.63, 3.8) is 0 Å². The van der Waals surface area contributed by atoms with Crippen LogP contribution in [0.2, 0.25) is 0 Å². The number of aryl methyl sites for hydroxylation is 1. The Kier molecular flexibility index (Phi) is 2.73. The lowest BCUT2D eigenvalue weighted by Gasteiger charge is -2.07. The fourth-order valence-electron chi connectivity index (χ4n) is 1.03. The fraction of sp³-hybridized carbons (Fsp3) is 0.250. The molecule has 14 heavy (non-hydrogen) atoms. The molecule has 0 atom stereocenters. The highest BCUT2D eigenvalue weighted by atomic mass is 19.3. The Morgan fingerprint density at radius 2 is 2.14 bits per heavy atom. The Bertz CT molecular complexity index is 379. The van der Waals surface area contributed by atoms with Crippen LogP contribution in [0.4, 0.5) is 13.2 Å². The predicted molar refractivity (Wildman–Crippen MR) is 42.4 cm³/mol. The fourth-order valence-corrected chi connectivity index (χ4v) is 1.03. The zero-order chi connectivity index (χ0) is 10.9. The van der Waals surface area contributed by atoms with Crippen LogP contribution in [-0.4, -0.2) is 10.9 Å². The Balaban J connectivity index is 3.41. The van der Waals surface area contributed by atoms with Crippen molar-refractivity contribution in [1.29, 1.82) is 0 Å². The van der Waals surface area contributed by atoms with Crippen molar-refractivity contribution < 1.29 is 18.0 Å². The SMILES string of the molecule is Cc1cnc(C(N)=O)c(F)c1C(F)F. The van der Waals surface area contributed by atoms with Crippen LogP contribution in [0.3, 0.4) is 0 Å². The molecule has 1 aromatic rings. The third-order valence-corrected chi connectivity index (χ3v) is 1.71. The Labute approximate surface area is 77.7 Å². The summed E-state index contributed by atoms with van der Waals surface area (Å²) in [5, 5.41) is 0. The van der Waals surface area contributed by atoms with Crippen molar-refractivity contribution >= 4 is 5.91 Å². The van der Waals surface area contributed by atoms with Crippen LogP contribution < -0.4 is 5.73 Å². The van der Waals surface area contributed by atoms with E-state index in [1.807, 2.05) is 0 Å². The van der Waals surface area contributed by atoms with E-state index in [1.54, 1.807) is 0 Å². The topological polar surface area (TPSA) is 56.0 Å². The van der Waals surface area contributed by atoms with Crippen LogP contribution in [0.5, 0.6) is 0 Å². The molecule has 0 saturated carbocycles. The van der Waals surface area contributed by atoms with Gasteiger partial charge in [0.15, 0.2) is 11.5 Å². The number of carbonyl (C=O) groups excluding carboxylic acids is 1. The number of amides is 1. The molecule has 76 valence electrons. The van der Waals surface area contributed by atoms with Gasteiger partial charge in [0.25, 0.3) is 12.3 Å². The lowest BCUT2D eigenvalue weighted by atomic mass is 10.1. The molecular weight excluding hydrogens is 197 g/mol. The maximum absolute atomic E-state index is 13.2. The van der Waals surface area contributed by atoms with E-state index in [9.17, 15) is 18.0 Å². The minimum absolute atomic E-state index is 0.0116. The van der Waals surface area contributed by atoms with Crippen molar-refractivity contribution in [3.05, 3.63) is 28.8 Å². The van der Waals surface area contributed by atoms with Gasteiger partial charge in [0.2, 0.25) is 0 Å². The van der Waals surface area contributed by atoms with E-state index in [-0.39, 0.29) is 5.56 Å². The monoisotopic (exact) mass is 204 g/mol. The van der Waals surface area contributed by atoms with E-state index < -0.39 is 29.4 Å². The molecule has 0 aliphatic heterocycles. The molecule has 0 radical (unpaired) electrons. The van der Waals surface area contributed by atoms with Crippen LogP contribution in [0.15, 0.2) is 6.20 Å². The first kappa shape index (κ1) is 10.5. The van der Waals surface area contributed by atoms with Crippen LogP contribution in [0.25, 0.3) is 0 Å². The number of hydrogen-bond donors (Lipinski definition) is 1. The third-order valence-electron chi connectivity index (χ3n) is 1.71. The second kappa shape index (κ2) is 3.65. The molecule has 3 nitrogen and oxygen atoms in total. The van der Waals surface area contributed by atoms with Gasteiger partial charge in [-0.2, -0.15) is 0 Å². The molecule has 0 aliphatic rings. The van der Waals surface area contributed by atoms with Gasteiger partial charge in [0.05, 0.1) is 5.56 Å². The van der Waals surface area contributed by atoms with Crippen molar-refractivity contribution in [2.45, 2.75) is 13.3 Å². The van der Waals surface area contributed by atoms with Gasteiger partial charge in [-0.15, -0.1) is 0 Å². The summed E-state index contributed by atoms with van der Waals surface area (Å²) in [5.74, 6) is -2.50. The van der Waals surface area contributed by atoms with Gasteiger partial charge in [0, 0.05) is 6.20 Å². The minimum atomic E-state index is -2.99. The summed E-state index contributed by atoms with van der Waals surface area (Å²) < 4.78 is 37.8. The lowest BCUT2D eigenvalue weighted by Crippen LogP contribution is -2.17. The van der Waals surface area contributed by atoms with Crippen LogP contribution in [0, 0.1) is 12.7 Å². The minimum Gasteiger partial charge on any atom is -0.364 e. The normalized spacial score (nSPS) is 10.6. The number of carbonyl (C=O) groups is 1. The van der Waals surface area contributed by atoms with Gasteiger partial charge < -0.3 is 5.73 Å². The van der Waals surface area contributed by atoms with Crippen molar-refractivity contribution in [3.8, 4) is 0 Å². The van der Waals surface area contributed by atoms with E-state index in [2.05, 4.69) is 4.98 Å². The summed E-state index contributed by atoms with van der Waals surface area (Å²) in [6, 6.07) is 0. The quantitative estimate of drug-likeness (QED) is 0.794. The van der Waals surface area contributed by atoms with E-state index in [0.29, 0.717) is 0 Å². The molecule has 2 N–H and O–H groups in total. The number of nitrogens with two attached hydrogens (primary N) is 1. The zero-order valence-electron chi connectivity index (χ0n) is 7.22. The summed E-state index contributed by atoms with van der Waals surface area (Å²) in [6.07, 6.45) is -2.00. The van der Waals surface area contributed by atoms with Crippen molar-refractivity contribution in [2.24, 2.45) is 5.73 Å². The number of alkyl halides is 2. The maximum atomic E-state index is 13.2. The van der Waals surface area contributed by atoms with E-state index in [0.717, 1.165) is 6.20 Å². The number of rotatable bonds is 2. The predicted octanol–water partition coefficient (Wildman–Crippen LogP) is 1.57. The van der Waals surface area contributed by atoms with E-state index in [1.165, 1.54) is 6.92 Å². The molecule has 1 amide bonds. The highest BCUT2D eigenvalue weighted by Crippen LogP contribution is 2.26. The first-order chi connectivity index (χ1) is 6.45. The van der Waals surface area contributed by atoms with Gasteiger partial charge in [-0.3, -0.25) is 4.79 Å². The Morgan fingerprint density at radius 3 is 2.57 bits per heavy atom. The Hall–Kier alpha value is -1.59. The van der Waals surface area contributed by atoms with Gasteiger partial charge in [-0.1, -0.05) is 0 Å². The second-order valence-electron chi connectivity index (χ2n) is 2.68. The third kappa shape index (κ3) is 1.68. The molecule has 0 aromatic carbocycles. The highest BCUT2D eigenvalue weighted by molar-refractivity contribution is 5.91. The van der Waals surface area contributed by atoms with Crippen molar-refractivity contribution in [2.75, 3.05) is 0 Å². The summed E-state index contributed by atoms with van der Waals surface area (Å²) >= 11 is 0. The number of hydrogen-bond acceptors (Lipinski definition) is 2. The standard InChI is InChI=1S/C8H7F3N2O/c1-3-2-13-6(8(12)14)5(9)4(3)7(10)11/h2,7H,1H3,(H2,12,14). The molecule has 0 fully saturated rings. The average molecular weight is 204 g/mol. The maximum Gasteiger partial charge on any atom is 0.270 e. The molecule has 1 heterocycles. The summed E-state index contributed by atoms with van der Waals surface area (Å²) in [4.78, 5) is 13.9. The summed E-state index contributed by atoms with van der Waals surface area (Å²) in [7, 11) is 0. The molecule has 1 rings (SSSR count). The zero-order valence-corrected chi connectivity index (χ0v) is 7.22. The number of nitrogens with zero attached hydrogens (tertiary/aromatic N) is 1. The van der Waals surface area contributed by atoms with Crippen LogP contribution in [-0.2, 0) is 0 Å².